The van der Waals surface area contributed by atoms with Crippen molar-refractivity contribution in [3.8, 4) is 5.75 Å². The van der Waals surface area contributed by atoms with E-state index in [0.29, 0.717) is 42.0 Å². The van der Waals surface area contributed by atoms with Gasteiger partial charge in [0.05, 0.1) is 5.56 Å². The summed E-state index contributed by atoms with van der Waals surface area (Å²) >= 11 is 11.8. The molecule has 1 fully saturated rings. The number of halogens is 2. The average molecular weight is 409 g/mol. The zero-order valence-electron chi connectivity index (χ0n) is 14.4. The molecule has 1 saturated heterocycles. The average Bonchev–Trinajstić information content (AvgIpc) is 2.65. The van der Waals surface area contributed by atoms with Gasteiger partial charge >= 0.3 is 5.97 Å². The van der Waals surface area contributed by atoms with Crippen LogP contribution >= 0.6 is 23.2 Å². The van der Waals surface area contributed by atoms with Crippen LogP contribution in [0.1, 0.15) is 10.4 Å². The van der Waals surface area contributed by atoms with Gasteiger partial charge in [-0.05, 0) is 42.5 Å². The molecule has 8 heteroatoms. The molecular formula is C19H18Cl2N2O4. The van der Waals surface area contributed by atoms with Crippen LogP contribution in [-0.4, -0.2) is 54.7 Å². The summed E-state index contributed by atoms with van der Waals surface area (Å²) in [7, 11) is 0. The largest absolute Gasteiger partial charge is 0.484 e. The Morgan fingerprint density at radius 1 is 0.963 bits per heavy atom. The highest BCUT2D eigenvalue weighted by atomic mass is 35.5. The van der Waals surface area contributed by atoms with Gasteiger partial charge in [0.1, 0.15) is 5.75 Å². The third-order valence-electron chi connectivity index (χ3n) is 4.31. The summed E-state index contributed by atoms with van der Waals surface area (Å²) in [5.74, 6) is -0.595. The number of nitrogens with zero attached hydrogens (tertiary/aromatic N) is 2. The SMILES string of the molecule is O=C(O)c1ccc(N2CCN(C(=O)COc3cc(Cl)cc(Cl)c3)CC2)cc1. The number of hydrogen-bond donors (Lipinski definition) is 1. The molecule has 0 atom stereocenters. The number of aromatic carboxylic acids is 1. The van der Waals surface area contributed by atoms with Crippen molar-refractivity contribution >= 4 is 40.8 Å². The van der Waals surface area contributed by atoms with Gasteiger partial charge in [0, 0.05) is 41.9 Å². The lowest BCUT2D eigenvalue weighted by molar-refractivity contribution is -0.133. The van der Waals surface area contributed by atoms with Crippen molar-refractivity contribution in [1.82, 2.24) is 4.90 Å². The molecule has 0 unspecified atom stereocenters. The Morgan fingerprint density at radius 2 is 1.56 bits per heavy atom. The first-order chi connectivity index (χ1) is 12.9. The number of ether oxygens (including phenoxy) is 1. The van der Waals surface area contributed by atoms with Crippen LogP contribution in [-0.2, 0) is 4.79 Å². The summed E-state index contributed by atoms with van der Waals surface area (Å²) in [6.45, 7) is 2.39. The normalized spacial score (nSPS) is 14.1. The molecule has 2 aromatic carbocycles. The molecule has 2 aromatic rings. The van der Waals surface area contributed by atoms with E-state index < -0.39 is 5.97 Å². The number of benzene rings is 2. The van der Waals surface area contributed by atoms with E-state index in [1.54, 1.807) is 47.4 Å². The number of piperazine rings is 1. The Kier molecular flexibility index (Phi) is 6.08. The van der Waals surface area contributed by atoms with Crippen molar-refractivity contribution in [1.29, 1.82) is 0 Å². The number of anilines is 1. The van der Waals surface area contributed by atoms with Gasteiger partial charge in [-0.25, -0.2) is 4.79 Å². The number of carbonyl (C=O) groups excluding carboxylic acids is 1. The Labute approximate surface area is 166 Å². The van der Waals surface area contributed by atoms with E-state index in [1.807, 2.05) is 0 Å². The predicted octanol–water partition coefficient (Wildman–Crippen LogP) is 3.42. The number of carbonyl (C=O) groups is 2. The number of amides is 1. The Morgan fingerprint density at radius 3 is 2.11 bits per heavy atom. The van der Waals surface area contributed by atoms with E-state index in [4.69, 9.17) is 33.0 Å². The standard InChI is InChI=1S/C19H18Cl2N2O4/c20-14-9-15(21)11-17(10-14)27-12-18(24)23-7-5-22(6-8-23)16-3-1-13(2-4-16)19(25)26/h1-4,9-11H,5-8,12H2,(H,25,26). The van der Waals surface area contributed by atoms with E-state index in [-0.39, 0.29) is 18.1 Å². The minimum absolute atomic E-state index is 0.0794. The maximum atomic E-state index is 12.4. The zero-order valence-corrected chi connectivity index (χ0v) is 15.9. The number of rotatable bonds is 5. The highest BCUT2D eigenvalue weighted by Crippen LogP contribution is 2.24. The minimum atomic E-state index is -0.946. The van der Waals surface area contributed by atoms with Crippen molar-refractivity contribution < 1.29 is 19.4 Å². The molecule has 6 nitrogen and oxygen atoms in total. The van der Waals surface area contributed by atoms with Crippen molar-refractivity contribution in [2.45, 2.75) is 0 Å². The smallest absolute Gasteiger partial charge is 0.335 e. The van der Waals surface area contributed by atoms with Gasteiger partial charge in [-0.3, -0.25) is 4.79 Å². The lowest BCUT2D eigenvalue weighted by atomic mass is 10.2. The first-order valence-corrected chi connectivity index (χ1v) is 9.13. The molecule has 27 heavy (non-hydrogen) atoms. The topological polar surface area (TPSA) is 70.1 Å². The monoisotopic (exact) mass is 408 g/mol. The van der Waals surface area contributed by atoms with Crippen LogP contribution in [0.25, 0.3) is 0 Å². The second kappa shape index (κ2) is 8.50. The van der Waals surface area contributed by atoms with Crippen LogP contribution in [0.2, 0.25) is 10.0 Å². The molecule has 0 aromatic heterocycles. The fraction of sp³-hybridized carbons (Fsp3) is 0.263. The Balaban J connectivity index is 1.50. The lowest BCUT2D eigenvalue weighted by Crippen LogP contribution is -2.50. The fourth-order valence-corrected chi connectivity index (χ4v) is 3.38. The van der Waals surface area contributed by atoms with E-state index in [2.05, 4.69) is 4.90 Å². The van der Waals surface area contributed by atoms with Gasteiger partial charge in [0.15, 0.2) is 6.61 Å². The summed E-state index contributed by atoms with van der Waals surface area (Å²) in [6.07, 6.45) is 0. The van der Waals surface area contributed by atoms with E-state index in [1.165, 1.54) is 0 Å². The maximum Gasteiger partial charge on any atom is 0.335 e. The number of hydrogen-bond acceptors (Lipinski definition) is 4. The summed E-state index contributed by atoms with van der Waals surface area (Å²) in [4.78, 5) is 27.1. The molecule has 1 N–H and O–H groups in total. The second-order valence-electron chi connectivity index (χ2n) is 6.11. The first kappa shape index (κ1) is 19.3. The molecule has 0 bridgehead atoms. The second-order valence-corrected chi connectivity index (χ2v) is 6.99. The first-order valence-electron chi connectivity index (χ1n) is 8.37. The highest BCUT2D eigenvalue weighted by Gasteiger charge is 2.22. The molecule has 142 valence electrons. The summed E-state index contributed by atoms with van der Waals surface area (Å²) < 4.78 is 5.50. The number of carboxylic acid groups (broad SMARTS) is 1. The fourth-order valence-electron chi connectivity index (χ4n) is 2.88. The van der Waals surface area contributed by atoms with Crippen LogP contribution in [0.3, 0.4) is 0 Å². The van der Waals surface area contributed by atoms with E-state index in [9.17, 15) is 9.59 Å². The molecule has 1 amide bonds. The van der Waals surface area contributed by atoms with Crippen LogP contribution in [0.5, 0.6) is 5.75 Å². The maximum absolute atomic E-state index is 12.4. The molecule has 3 rings (SSSR count). The molecule has 1 aliphatic rings. The van der Waals surface area contributed by atoms with Crippen molar-refractivity contribution in [3.63, 3.8) is 0 Å². The van der Waals surface area contributed by atoms with Gasteiger partial charge in [-0.15, -0.1) is 0 Å². The van der Waals surface area contributed by atoms with Crippen LogP contribution in [0, 0.1) is 0 Å². The molecule has 0 radical (unpaired) electrons. The van der Waals surface area contributed by atoms with Crippen LogP contribution in [0.4, 0.5) is 5.69 Å². The molecule has 1 heterocycles. The van der Waals surface area contributed by atoms with Gasteiger partial charge < -0.3 is 19.6 Å². The quantitative estimate of drug-likeness (QED) is 0.820. The van der Waals surface area contributed by atoms with Gasteiger partial charge in [-0.1, -0.05) is 23.2 Å². The number of carboxylic acids is 1. The van der Waals surface area contributed by atoms with Gasteiger partial charge in [0.25, 0.3) is 5.91 Å². The molecule has 1 aliphatic heterocycles. The molecule has 0 saturated carbocycles. The van der Waals surface area contributed by atoms with Crippen molar-refractivity contribution in [2.24, 2.45) is 0 Å². The third-order valence-corrected chi connectivity index (χ3v) is 4.75. The third kappa shape index (κ3) is 5.05. The van der Waals surface area contributed by atoms with Gasteiger partial charge in [0.2, 0.25) is 0 Å². The summed E-state index contributed by atoms with van der Waals surface area (Å²) in [5.41, 5.74) is 1.20. The minimum Gasteiger partial charge on any atom is -0.484 e. The van der Waals surface area contributed by atoms with Crippen LogP contribution in [0.15, 0.2) is 42.5 Å². The van der Waals surface area contributed by atoms with Crippen LogP contribution < -0.4 is 9.64 Å². The van der Waals surface area contributed by atoms with E-state index >= 15 is 0 Å². The predicted molar refractivity (Wildman–Crippen MR) is 104 cm³/mol. The highest BCUT2D eigenvalue weighted by molar-refractivity contribution is 6.34. The van der Waals surface area contributed by atoms with Crippen molar-refractivity contribution in [2.75, 3.05) is 37.7 Å². The van der Waals surface area contributed by atoms with E-state index in [0.717, 1.165) is 5.69 Å². The summed E-state index contributed by atoms with van der Waals surface area (Å²) in [6, 6.07) is 11.6. The Hall–Kier alpha value is -2.44. The van der Waals surface area contributed by atoms with Gasteiger partial charge in [-0.2, -0.15) is 0 Å². The molecule has 0 aliphatic carbocycles. The lowest BCUT2D eigenvalue weighted by Gasteiger charge is -2.36. The Bertz CT molecular complexity index is 814. The zero-order chi connectivity index (χ0) is 19.4. The molecule has 0 spiro atoms. The van der Waals surface area contributed by atoms with Crippen molar-refractivity contribution in [3.05, 3.63) is 58.1 Å². The molecular weight excluding hydrogens is 391 g/mol. The summed E-state index contributed by atoms with van der Waals surface area (Å²) in [5, 5.41) is 9.86.